The van der Waals surface area contributed by atoms with Crippen LogP contribution in [0.5, 0.6) is 5.75 Å². The van der Waals surface area contributed by atoms with Gasteiger partial charge in [0.25, 0.3) is 5.91 Å². The SMILES string of the molecule is COc1ccc(N2C(=O)[C@@H](F)[C@@H]2[C@H]2COC(C)(C)O2)cc1. The highest BCUT2D eigenvalue weighted by atomic mass is 19.1. The molecule has 21 heavy (non-hydrogen) atoms. The van der Waals surface area contributed by atoms with E-state index >= 15 is 0 Å². The Morgan fingerprint density at radius 3 is 2.52 bits per heavy atom. The Labute approximate surface area is 122 Å². The Balaban J connectivity index is 1.81. The molecule has 1 aromatic carbocycles. The van der Waals surface area contributed by atoms with Crippen LogP contribution in [0.2, 0.25) is 0 Å². The molecule has 0 aliphatic carbocycles. The second-order valence-corrected chi connectivity index (χ2v) is 5.67. The van der Waals surface area contributed by atoms with E-state index in [1.54, 1.807) is 45.2 Å². The minimum absolute atomic E-state index is 0.276. The van der Waals surface area contributed by atoms with Gasteiger partial charge in [-0.1, -0.05) is 0 Å². The number of benzene rings is 1. The number of carbonyl (C=O) groups is 1. The largest absolute Gasteiger partial charge is 0.497 e. The van der Waals surface area contributed by atoms with Crippen molar-refractivity contribution in [3.05, 3.63) is 24.3 Å². The third-order valence-electron chi connectivity index (χ3n) is 3.83. The Bertz CT molecular complexity index is 545. The molecular formula is C15H18FNO4. The summed E-state index contributed by atoms with van der Waals surface area (Å²) < 4.78 is 30.2. The molecule has 1 amide bonds. The first-order valence-corrected chi connectivity index (χ1v) is 6.86. The molecule has 2 aliphatic rings. The molecule has 3 rings (SSSR count). The van der Waals surface area contributed by atoms with Crippen LogP contribution in [0.1, 0.15) is 13.8 Å². The second kappa shape index (κ2) is 4.96. The molecule has 0 radical (unpaired) electrons. The molecule has 2 heterocycles. The van der Waals surface area contributed by atoms with Crippen molar-refractivity contribution in [1.29, 1.82) is 0 Å². The van der Waals surface area contributed by atoms with E-state index in [0.29, 0.717) is 11.4 Å². The zero-order valence-corrected chi connectivity index (χ0v) is 12.2. The van der Waals surface area contributed by atoms with E-state index in [4.69, 9.17) is 14.2 Å². The summed E-state index contributed by atoms with van der Waals surface area (Å²) in [6.45, 7) is 3.83. The normalized spacial score (nSPS) is 31.1. The third-order valence-corrected chi connectivity index (χ3v) is 3.83. The number of halogens is 1. The fourth-order valence-electron chi connectivity index (χ4n) is 2.76. The molecule has 0 saturated carbocycles. The summed E-state index contributed by atoms with van der Waals surface area (Å²) in [5, 5.41) is 0. The van der Waals surface area contributed by atoms with Crippen LogP contribution in [0, 0.1) is 0 Å². The third kappa shape index (κ3) is 2.38. The molecule has 1 aromatic rings. The van der Waals surface area contributed by atoms with Crippen LogP contribution in [-0.2, 0) is 14.3 Å². The Morgan fingerprint density at radius 1 is 1.33 bits per heavy atom. The number of hydrogen-bond donors (Lipinski definition) is 0. The molecular weight excluding hydrogens is 277 g/mol. The first kappa shape index (κ1) is 14.3. The van der Waals surface area contributed by atoms with Gasteiger partial charge in [0, 0.05) is 5.69 Å². The van der Waals surface area contributed by atoms with E-state index in [1.165, 1.54) is 4.90 Å². The van der Waals surface area contributed by atoms with E-state index in [2.05, 4.69) is 0 Å². The van der Waals surface area contributed by atoms with Crippen LogP contribution in [0.15, 0.2) is 24.3 Å². The summed E-state index contributed by atoms with van der Waals surface area (Å²) in [7, 11) is 1.57. The molecule has 2 fully saturated rings. The van der Waals surface area contributed by atoms with Gasteiger partial charge in [-0.2, -0.15) is 0 Å². The van der Waals surface area contributed by atoms with Crippen molar-refractivity contribution in [2.45, 2.75) is 38.0 Å². The van der Waals surface area contributed by atoms with E-state index < -0.39 is 30.0 Å². The summed E-state index contributed by atoms with van der Waals surface area (Å²) in [5.74, 6) is -0.602. The van der Waals surface area contributed by atoms with Crippen LogP contribution in [0.25, 0.3) is 0 Å². The molecule has 3 atom stereocenters. The van der Waals surface area contributed by atoms with Crippen LogP contribution >= 0.6 is 0 Å². The molecule has 2 saturated heterocycles. The lowest BCUT2D eigenvalue weighted by molar-refractivity contribution is -0.153. The lowest BCUT2D eigenvalue weighted by atomic mass is 9.93. The minimum Gasteiger partial charge on any atom is -0.497 e. The summed E-state index contributed by atoms with van der Waals surface area (Å²) in [6, 6.07) is 6.29. The molecule has 6 heteroatoms. The summed E-state index contributed by atoms with van der Waals surface area (Å²) >= 11 is 0. The zero-order valence-electron chi connectivity index (χ0n) is 12.2. The van der Waals surface area contributed by atoms with Crippen molar-refractivity contribution < 1.29 is 23.4 Å². The minimum atomic E-state index is -1.55. The highest BCUT2D eigenvalue weighted by Crippen LogP contribution is 2.37. The number of rotatable bonds is 3. The summed E-state index contributed by atoms with van der Waals surface area (Å²) in [6.07, 6.45) is -2.01. The number of nitrogens with zero attached hydrogens (tertiary/aromatic N) is 1. The molecule has 0 spiro atoms. The molecule has 114 valence electrons. The number of alkyl halides is 1. The Kier molecular flexibility index (Phi) is 3.37. The van der Waals surface area contributed by atoms with Crippen LogP contribution in [0.3, 0.4) is 0 Å². The number of amides is 1. The van der Waals surface area contributed by atoms with Gasteiger partial charge in [-0.3, -0.25) is 4.79 Å². The zero-order chi connectivity index (χ0) is 15.2. The first-order valence-electron chi connectivity index (χ1n) is 6.86. The topological polar surface area (TPSA) is 48.0 Å². The molecule has 0 aromatic heterocycles. The maximum Gasteiger partial charge on any atom is 0.264 e. The van der Waals surface area contributed by atoms with E-state index in [0.717, 1.165) is 0 Å². The quantitative estimate of drug-likeness (QED) is 0.799. The molecule has 0 bridgehead atoms. The maximum atomic E-state index is 14.0. The predicted molar refractivity (Wildman–Crippen MR) is 74.1 cm³/mol. The second-order valence-electron chi connectivity index (χ2n) is 5.67. The Hall–Kier alpha value is -1.66. The van der Waals surface area contributed by atoms with Gasteiger partial charge in [-0.05, 0) is 38.1 Å². The fourth-order valence-corrected chi connectivity index (χ4v) is 2.76. The molecule has 2 aliphatic heterocycles. The number of anilines is 1. The Morgan fingerprint density at radius 2 is 2.00 bits per heavy atom. The summed E-state index contributed by atoms with van der Waals surface area (Å²) in [4.78, 5) is 13.3. The van der Waals surface area contributed by atoms with Crippen molar-refractivity contribution in [3.8, 4) is 5.75 Å². The van der Waals surface area contributed by atoms with Crippen molar-refractivity contribution in [3.63, 3.8) is 0 Å². The smallest absolute Gasteiger partial charge is 0.264 e. The van der Waals surface area contributed by atoms with Gasteiger partial charge in [0.2, 0.25) is 6.17 Å². The van der Waals surface area contributed by atoms with Crippen molar-refractivity contribution >= 4 is 11.6 Å². The van der Waals surface area contributed by atoms with Crippen LogP contribution in [-0.4, -0.2) is 43.7 Å². The van der Waals surface area contributed by atoms with Gasteiger partial charge in [0.05, 0.1) is 13.7 Å². The van der Waals surface area contributed by atoms with Gasteiger partial charge >= 0.3 is 0 Å². The van der Waals surface area contributed by atoms with Crippen LogP contribution < -0.4 is 9.64 Å². The van der Waals surface area contributed by atoms with Gasteiger partial charge in [0.1, 0.15) is 17.9 Å². The maximum absolute atomic E-state index is 14.0. The summed E-state index contributed by atoms with van der Waals surface area (Å²) in [5.41, 5.74) is 0.632. The average molecular weight is 295 g/mol. The van der Waals surface area contributed by atoms with Crippen molar-refractivity contribution in [2.75, 3.05) is 18.6 Å². The number of methoxy groups -OCH3 is 1. The molecule has 5 nitrogen and oxygen atoms in total. The van der Waals surface area contributed by atoms with Crippen molar-refractivity contribution in [2.24, 2.45) is 0 Å². The van der Waals surface area contributed by atoms with Crippen molar-refractivity contribution in [1.82, 2.24) is 0 Å². The van der Waals surface area contributed by atoms with Gasteiger partial charge < -0.3 is 19.1 Å². The number of β-lactam (4-membered cyclic amide) rings is 1. The van der Waals surface area contributed by atoms with E-state index in [1.807, 2.05) is 0 Å². The van der Waals surface area contributed by atoms with E-state index in [-0.39, 0.29) is 6.61 Å². The lowest BCUT2D eigenvalue weighted by Crippen LogP contribution is -2.68. The van der Waals surface area contributed by atoms with Crippen LogP contribution in [0.4, 0.5) is 10.1 Å². The number of ether oxygens (including phenoxy) is 3. The van der Waals surface area contributed by atoms with Gasteiger partial charge in [-0.15, -0.1) is 0 Å². The lowest BCUT2D eigenvalue weighted by Gasteiger charge is -2.45. The molecule has 0 unspecified atom stereocenters. The van der Waals surface area contributed by atoms with E-state index in [9.17, 15) is 9.18 Å². The standard InChI is InChI=1S/C15H18FNO4/c1-15(2)20-8-11(21-15)13-12(16)14(18)17(13)9-4-6-10(19-3)7-5-9/h4-7,11-13H,8H2,1-3H3/t11-,12+,13+/m1/s1. The number of hydrogen-bond acceptors (Lipinski definition) is 4. The average Bonchev–Trinajstić information content (AvgIpc) is 2.83. The predicted octanol–water partition coefficient (Wildman–Crippen LogP) is 1.90. The highest BCUT2D eigenvalue weighted by molar-refractivity contribution is 6.05. The first-order chi connectivity index (χ1) is 9.93. The fraction of sp³-hybridized carbons (Fsp3) is 0.533. The monoisotopic (exact) mass is 295 g/mol. The number of carbonyl (C=O) groups excluding carboxylic acids is 1. The van der Waals surface area contributed by atoms with Gasteiger partial charge in [-0.25, -0.2) is 4.39 Å². The molecule has 0 N–H and O–H groups in total. The van der Waals surface area contributed by atoms with Gasteiger partial charge in [0.15, 0.2) is 5.79 Å². The highest BCUT2D eigenvalue weighted by Gasteiger charge is 2.56.